The molecule has 0 atom stereocenters. The van der Waals surface area contributed by atoms with Crippen molar-refractivity contribution >= 4 is 45.7 Å². The zero-order valence-corrected chi connectivity index (χ0v) is 18.0. The van der Waals surface area contributed by atoms with Crippen LogP contribution in [-0.2, 0) is 4.74 Å². The van der Waals surface area contributed by atoms with Gasteiger partial charge in [0.2, 0.25) is 0 Å². The summed E-state index contributed by atoms with van der Waals surface area (Å²) in [6, 6.07) is 0. The molecule has 0 unspecified atom stereocenters. The predicted molar refractivity (Wildman–Crippen MR) is 113 cm³/mol. The Labute approximate surface area is 172 Å². The first-order valence-electron chi connectivity index (χ1n) is 9.20. The summed E-state index contributed by atoms with van der Waals surface area (Å²) < 4.78 is 6.69. The molecule has 8 heteroatoms. The van der Waals surface area contributed by atoms with Crippen molar-refractivity contribution in [2.75, 3.05) is 24.5 Å². The maximum absolute atomic E-state index is 12.7. The first kappa shape index (κ1) is 18.5. The zero-order chi connectivity index (χ0) is 19.2. The molecule has 2 aliphatic heterocycles. The summed E-state index contributed by atoms with van der Waals surface area (Å²) in [6.45, 7) is 7.97. The van der Waals surface area contributed by atoms with E-state index >= 15 is 0 Å². The lowest BCUT2D eigenvalue weighted by molar-refractivity contribution is 0.00812. The summed E-state index contributed by atoms with van der Waals surface area (Å²) in [5.74, 6) is 0.890. The first-order chi connectivity index (χ1) is 12.8. The lowest BCUT2D eigenvalue weighted by atomic mass is 9.87. The number of hydrogen-bond donors (Lipinski definition) is 1. The van der Waals surface area contributed by atoms with Crippen molar-refractivity contribution < 1.29 is 9.53 Å². The third-order valence-electron chi connectivity index (χ3n) is 5.14. The highest BCUT2D eigenvalue weighted by Gasteiger charge is 2.44. The summed E-state index contributed by atoms with van der Waals surface area (Å²) in [4.78, 5) is 29.2. The van der Waals surface area contributed by atoms with Crippen LogP contribution in [0.1, 0.15) is 33.6 Å². The highest BCUT2D eigenvalue weighted by Crippen LogP contribution is 2.36. The molecule has 2 aromatic rings. The molecular weight excluding hydrogens is 457 g/mol. The molecule has 0 radical (unpaired) electrons. The van der Waals surface area contributed by atoms with E-state index < -0.39 is 5.60 Å². The van der Waals surface area contributed by atoms with Crippen molar-refractivity contribution in [3.8, 4) is 0 Å². The first-order valence-corrected chi connectivity index (χ1v) is 10.3. The monoisotopic (exact) mass is 481 g/mol. The van der Waals surface area contributed by atoms with Crippen molar-refractivity contribution in [1.82, 2.24) is 19.9 Å². The molecule has 0 saturated carbocycles. The van der Waals surface area contributed by atoms with E-state index in [1.807, 2.05) is 38.1 Å². The summed E-state index contributed by atoms with van der Waals surface area (Å²) in [5, 5.41) is 0. The van der Waals surface area contributed by atoms with E-state index in [1.165, 1.54) is 0 Å². The highest BCUT2D eigenvalue weighted by molar-refractivity contribution is 14.1. The van der Waals surface area contributed by atoms with Crippen LogP contribution in [0.15, 0.2) is 24.5 Å². The number of carbonyl (C=O) groups is 1. The third-order valence-corrected chi connectivity index (χ3v) is 5.96. The van der Waals surface area contributed by atoms with Gasteiger partial charge in [0.05, 0.1) is 15.3 Å². The molecule has 7 nitrogen and oxygen atoms in total. The second-order valence-corrected chi connectivity index (χ2v) is 9.31. The zero-order valence-electron chi connectivity index (χ0n) is 15.8. The van der Waals surface area contributed by atoms with Gasteiger partial charge >= 0.3 is 6.09 Å². The van der Waals surface area contributed by atoms with Gasteiger partial charge < -0.3 is 14.6 Å². The summed E-state index contributed by atoms with van der Waals surface area (Å²) >= 11 is 2.27. The van der Waals surface area contributed by atoms with E-state index in [0.29, 0.717) is 6.54 Å². The number of ether oxygens (including phenoxy) is 1. The Kier molecular flexibility index (Phi) is 4.56. The molecule has 1 fully saturated rings. The average Bonchev–Trinajstić information content (AvgIpc) is 3.18. The van der Waals surface area contributed by atoms with Gasteiger partial charge in [0.1, 0.15) is 16.9 Å². The Bertz CT molecular complexity index is 893. The summed E-state index contributed by atoms with van der Waals surface area (Å²) in [5.41, 5.74) is 0.982. The van der Waals surface area contributed by atoms with E-state index in [0.717, 1.165) is 46.5 Å². The van der Waals surface area contributed by atoms with Crippen molar-refractivity contribution in [2.24, 2.45) is 0 Å². The minimum atomic E-state index is -0.486. The van der Waals surface area contributed by atoms with Crippen LogP contribution in [0, 0.1) is 3.57 Å². The molecule has 1 N–H and O–H groups in total. The van der Waals surface area contributed by atoms with E-state index in [2.05, 4.69) is 49.6 Å². The number of halogens is 1. The molecule has 0 aliphatic carbocycles. The second-order valence-electron chi connectivity index (χ2n) is 8.15. The van der Waals surface area contributed by atoms with Gasteiger partial charge in [-0.15, -0.1) is 0 Å². The number of H-pyrrole nitrogens is 1. The van der Waals surface area contributed by atoms with Crippen LogP contribution in [0.4, 0.5) is 10.6 Å². The van der Waals surface area contributed by atoms with Crippen molar-refractivity contribution in [2.45, 2.75) is 44.8 Å². The number of anilines is 1. The number of piperidine rings is 1. The van der Waals surface area contributed by atoms with E-state index in [9.17, 15) is 4.79 Å². The van der Waals surface area contributed by atoms with Crippen LogP contribution in [0.5, 0.6) is 0 Å². The largest absolute Gasteiger partial charge is 0.444 e. The maximum atomic E-state index is 12.7. The lowest BCUT2D eigenvalue weighted by Gasteiger charge is -2.44. The van der Waals surface area contributed by atoms with Crippen LogP contribution in [0.25, 0.3) is 11.2 Å². The highest BCUT2D eigenvalue weighted by atomic mass is 127. The fraction of sp³-hybridized carbons (Fsp3) is 0.526. The Morgan fingerprint density at radius 3 is 2.78 bits per heavy atom. The normalized spacial score (nSPS) is 19.3. The van der Waals surface area contributed by atoms with Gasteiger partial charge in [-0.3, -0.25) is 4.90 Å². The molecule has 4 heterocycles. The fourth-order valence-electron chi connectivity index (χ4n) is 3.79. The average molecular weight is 481 g/mol. The van der Waals surface area contributed by atoms with Gasteiger partial charge in [-0.2, -0.15) is 0 Å². The minimum absolute atomic E-state index is 0.232. The smallest absolute Gasteiger partial charge is 0.411 e. The SMILES string of the molecule is CC(C)(C)OC(=O)N1CC=CC12CCN(c1cnc3[nH]cc(I)c3n1)CC2. The van der Waals surface area contributed by atoms with Crippen LogP contribution in [-0.4, -0.2) is 56.7 Å². The van der Waals surface area contributed by atoms with E-state index in [-0.39, 0.29) is 11.6 Å². The molecule has 0 aromatic carbocycles. The standard InChI is InChI=1S/C19H24IN5O2/c1-18(2,3)27-17(26)25-8-4-5-19(25)6-9-24(10-7-19)14-12-22-16-15(23-14)13(20)11-21-16/h4-5,11-12H,6-10H2,1-3H3,(H,21,22). The van der Waals surface area contributed by atoms with E-state index in [4.69, 9.17) is 9.72 Å². The number of fused-ring (bicyclic) bond motifs is 1. The van der Waals surface area contributed by atoms with Gasteiger partial charge in [-0.25, -0.2) is 14.8 Å². The van der Waals surface area contributed by atoms with Gasteiger partial charge in [0.15, 0.2) is 5.65 Å². The topological polar surface area (TPSA) is 74.3 Å². The molecule has 2 aromatic heterocycles. The maximum Gasteiger partial charge on any atom is 0.411 e. The number of amides is 1. The van der Waals surface area contributed by atoms with Crippen molar-refractivity contribution in [1.29, 1.82) is 0 Å². The molecular formula is C19H24IN5O2. The molecule has 1 spiro atoms. The number of nitrogens with one attached hydrogen (secondary N) is 1. The fourth-order valence-corrected chi connectivity index (χ4v) is 4.32. The molecule has 144 valence electrons. The Balaban J connectivity index is 1.49. The summed E-state index contributed by atoms with van der Waals surface area (Å²) in [6.07, 6.45) is 9.47. The molecule has 1 amide bonds. The Morgan fingerprint density at radius 1 is 1.33 bits per heavy atom. The number of aromatic amines is 1. The number of carbonyl (C=O) groups excluding carboxylic acids is 1. The van der Waals surface area contributed by atoms with E-state index in [1.54, 1.807) is 0 Å². The molecule has 4 rings (SSSR count). The van der Waals surface area contributed by atoms with Crippen LogP contribution in [0.2, 0.25) is 0 Å². The van der Waals surface area contributed by atoms with Crippen LogP contribution >= 0.6 is 22.6 Å². The Hall–Kier alpha value is -1.84. The predicted octanol–water partition coefficient (Wildman–Crippen LogP) is 3.71. The molecule has 0 bridgehead atoms. The number of nitrogens with zero attached hydrogens (tertiary/aromatic N) is 4. The van der Waals surface area contributed by atoms with Crippen molar-refractivity contribution in [3.63, 3.8) is 0 Å². The molecule has 27 heavy (non-hydrogen) atoms. The van der Waals surface area contributed by atoms with Gasteiger partial charge in [0, 0.05) is 25.8 Å². The molecule has 2 aliphatic rings. The number of hydrogen-bond acceptors (Lipinski definition) is 5. The molecule has 1 saturated heterocycles. The van der Waals surface area contributed by atoms with Crippen LogP contribution < -0.4 is 4.90 Å². The van der Waals surface area contributed by atoms with Gasteiger partial charge in [-0.05, 0) is 56.2 Å². The lowest BCUT2D eigenvalue weighted by Crippen LogP contribution is -2.55. The summed E-state index contributed by atoms with van der Waals surface area (Å²) in [7, 11) is 0. The third kappa shape index (κ3) is 3.51. The Morgan fingerprint density at radius 2 is 2.07 bits per heavy atom. The van der Waals surface area contributed by atoms with Crippen LogP contribution in [0.3, 0.4) is 0 Å². The van der Waals surface area contributed by atoms with Crippen molar-refractivity contribution in [3.05, 3.63) is 28.1 Å². The number of rotatable bonds is 1. The minimum Gasteiger partial charge on any atom is -0.444 e. The van der Waals surface area contributed by atoms with Gasteiger partial charge in [0.25, 0.3) is 0 Å². The second kappa shape index (κ2) is 6.65. The number of aromatic nitrogens is 3. The van der Waals surface area contributed by atoms with Gasteiger partial charge in [-0.1, -0.05) is 12.2 Å². The quantitative estimate of drug-likeness (QED) is 0.497.